The minimum atomic E-state index is -0.672. The van der Waals surface area contributed by atoms with Crippen molar-refractivity contribution in [1.82, 2.24) is 10.4 Å². The van der Waals surface area contributed by atoms with Crippen molar-refractivity contribution in [1.29, 1.82) is 0 Å². The summed E-state index contributed by atoms with van der Waals surface area (Å²) in [4.78, 5) is 29.1. The van der Waals surface area contributed by atoms with Crippen molar-refractivity contribution in [3.8, 4) is 23.0 Å². The average molecular weight is 593 g/mol. The van der Waals surface area contributed by atoms with Crippen molar-refractivity contribution in [2.45, 2.75) is 0 Å². The molecule has 0 atom stereocenters. The Labute approximate surface area is 212 Å². The summed E-state index contributed by atoms with van der Waals surface area (Å²) in [7, 11) is 4.37. The molecule has 0 fully saturated rings. The van der Waals surface area contributed by atoms with Crippen molar-refractivity contribution in [2.75, 3.05) is 21.3 Å². The number of esters is 1. The molecule has 0 spiro atoms. The molecular formula is C23H19Br2N3O6. The molecule has 2 aromatic carbocycles. The molecular weight excluding hydrogens is 574 g/mol. The largest absolute Gasteiger partial charge is 0.493 e. The van der Waals surface area contributed by atoms with Crippen molar-refractivity contribution >= 4 is 50.0 Å². The van der Waals surface area contributed by atoms with E-state index >= 15 is 0 Å². The van der Waals surface area contributed by atoms with Gasteiger partial charge in [0.2, 0.25) is 5.75 Å². The third kappa shape index (κ3) is 5.91. The second kappa shape index (κ2) is 11.6. The Hall–Kier alpha value is -3.44. The molecule has 0 radical (unpaired) electrons. The number of aromatic nitrogens is 1. The number of amides is 1. The van der Waals surface area contributed by atoms with Crippen LogP contribution in [0.15, 0.2) is 62.7 Å². The zero-order valence-corrected chi connectivity index (χ0v) is 21.5. The van der Waals surface area contributed by atoms with E-state index in [1.165, 1.54) is 45.9 Å². The van der Waals surface area contributed by atoms with Crippen molar-refractivity contribution in [2.24, 2.45) is 5.10 Å². The van der Waals surface area contributed by atoms with Gasteiger partial charge in [-0.05, 0) is 52.3 Å². The zero-order valence-electron chi connectivity index (χ0n) is 18.3. The van der Waals surface area contributed by atoms with E-state index in [2.05, 4.69) is 47.4 Å². The zero-order chi connectivity index (χ0) is 24.7. The molecule has 176 valence electrons. The van der Waals surface area contributed by atoms with Crippen LogP contribution in [0, 0.1) is 0 Å². The lowest BCUT2D eigenvalue weighted by Crippen LogP contribution is -2.19. The molecule has 0 saturated heterocycles. The first-order valence-corrected chi connectivity index (χ1v) is 11.2. The molecule has 3 rings (SSSR count). The van der Waals surface area contributed by atoms with Gasteiger partial charge in [0.05, 0.1) is 37.6 Å². The number of hydrazone groups is 1. The van der Waals surface area contributed by atoms with E-state index in [-0.39, 0.29) is 17.0 Å². The quantitative estimate of drug-likeness (QED) is 0.176. The van der Waals surface area contributed by atoms with E-state index in [0.717, 1.165) is 0 Å². The average Bonchev–Trinajstić information content (AvgIpc) is 2.85. The van der Waals surface area contributed by atoms with Gasteiger partial charge in [-0.3, -0.25) is 9.78 Å². The first-order valence-electron chi connectivity index (χ1n) is 9.63. The molecule has 9 nitrogen and oxygen atoms in total. The van der Waals surface area contributed by atoms with Crippen LogP contribution in [0.2, 0.25) is 0 Å². The Kier molecular flexibility index (Phi) is 8.61. The van der Waals surface area contributed by atoms with Crippen LogP contribution in [0.1, 0.15) is 26.4 Å². The molecule has 11 heteroatoms. The van der Waals surface area contributed by atoms with Gasteiger partial charge in [-0.15, -0.1) is 0 Å². The summed E-state index contributed by atoms with van der Waals surface area (Å²) in [6, 6.07) is 11.3. The molecule has 1 aromatic heterocycles. The highest BCUT2D eigenvalue weighted by molar-refractivity contribution is 9.11. The van der Waals surface area contributed by atoms with Crippen LogP contribution < -0.4 is 24.4 Å². The number of halogens is 2. The number of nitrogens with zero attached hydrogens (tertiary/aromatic N) is 2. The van der Waals surface area contributed by atoms with Gasteiger partial charge in [-0.2, -0.15) is 5.10 Å². The summed E-state index contributed by atoms with van der Waals surface area (Å²) in [5, 5.41) is 3.96. The van der Waals surface area contributed by atoms with Gasteiger partial charge in [0, 0.05) is 16.2 Å². The number of ether oxygens (including phenoxy) is 4. The lowest BCUT2D eigenvalue weighted by molar-refractivity contribution is 0.0732. The SMILES string of the molecule is COc1cc(C(=O)Oc2c(Br)cc(Br)cc2/C=N/NC(=O)c2ccccn2)cc(OC)c1OC. The number of rotatable bonds is 8. The fraction of sp³-hybridized carbons (Fsp3) is 0.130. The van der Waals surface area contributed by atoms with Crippen LogP contribution in [0.25, 0.3) is 0 Å². The van der Waals surface area contributed by atoms with Gasteiger partial charge < -0.3 is 18.9 Å². The van der Waals surface area contributed by atoms with Gasteiger partial charge in [0.15, 0.2) is 17.2 Å². The van der Waals surface area contributed by atoms with Crippen molar-refractivity contribution in [3.63, 3.8) is 0 Å². The normalized spacial score (nSPS) is 10.6. The summed E-state index contributed by atoms with van der Waals surface area (Å²) >= 11 is 6.79. The van der Waals surface area contributed by atoms with Crippen LogP contribution in [0.3, 0.4) is 0 Å². The third-order valence-electron chi connectivity index (χ3n) is 4.40. The Morgan fingerprint density at radius 1 is 0.971 bits per heavy atom. The van der Waals surface area contributed by atoms with Gasteiger partial charge in [-0.1, -0.05) is 22.0 Å². The third-order valence-corrected chi connectivity index (χ3v) is 5.45. The minimum absolute atomic E-state index is 0.177. The van der Waals surface area contributed by atoms with E-state index in [1.807, 2.05) is 0 Å². The first-order chi connectivity index (χ1) is 16.4. The number of hydrogen-bond acceptors (Lipinski definition) is 8. The molecule has 0 unspecified atom stereocenters. The second-order valence-electron chi connectivity index (χ2n) is 6.52. The maximum Gasteiger partial charge on any atom is 0.343 e. The number of carbonyl (C=O) groups is 2. The van der Waals surface area contributed by atoms with E-state index in [9.17, 15) is 9.59 Å². The summed E-state index contributed by atoms with van der Waals surface area (Å²) in [5.74, 6) is 0.00217. The van der Waals surface area contributed by atoms with Crippen LogP contribution in [-0.2, 0) is 0 Å². The molecule has 1 amide bonds. The lowest BCUT2D eigenvalue weighted by Gasteiger charge is -2.15. The molecule has 1 N–H and O–H groups in total. The Morgan fingerprint density at radius 2 is 1.68 bits per heavy atom. The monoisotopic (exact) mass is 591 g/mol. The van der Waals surface area contributed by atoms with E-state index in [1.54, 1.807) is 30.3 Å². The summed E-state index contributed by atoms with van der Waals surface area (Å²) in [6.07, 6.45) is 2.86. The summed E-state index contributed by atoms with van der Waals surface area (Å²) < 4.78 is 22.7. The molecule has 0 aliphatic carbocycles. The van der Waals surface area contributed by atoms with Gasteiger partial charge in [0.1, 0.15) is 5.69 Å². The van der Waals surface area contributed by atoms with Crippen LogP contribution >= 0.6 is 31.9 Å². The van der Waals surface area contributed by atoms with Gasteiger partial charge in [-0.25, -0.2) is 10.2 Å². The van der Waals surface area contributed by atoms with Crippen LogP contribution in [0.5, 0.6) is 23.0 Å². The fourth-order valence-corrected chi connectivity index (χ4v) is 4.19. The maximum atomic E-state index is 13.0. The van der Waals surface area contributed by atoms with E-state index in [4.69, 9.17) is 18.9 Å². The molecule has 0 aliphatic rings. The summed E-state index contributed by atoms with van der Waals surface area (Å²) in [5.41, 5.74) is 3.20. The maximum absolute atomic E-state index is 13.0. The second-order valence-corrected chi connectivity index (χ2v) is 8.29. The van der Waals surface area contributed by atoms with Crippen molar-refractivity contribution in [3.05, 3.63) is 74.4 Å². The molecule has 1 heterocycles. The number of benzene rings is 2. The summed E-state index contributed by atoms with van der Waals surface area (Å²) in [6.45, 7) is 0. The molecule has 0 bridgehead atoms. The molecule has 3 aromatic rings. The fourth-order valence-electron chi connectivity index (χ4n) is 2.85. The standard InChI is InChI=1S/C23H19Br2N3O6/c1-31-18-9-13(10-19(32-2)21(18)33-3)23(30)34-20-14(8-15(24)11-16(20)25)12-27-28-22(29)17-6-4-5-7-26-17/h4-12H,1-3H3,(H,28,29)/b27-12+. The predicted octanol–water partition coefficient (Wildman–Crippen LogP) is 4.62. The molecule has 34 heavy (non-hydrogen) atoms. The number of carbonyl (C=O) groups excluding carboxylic acids is 2. The smallest absolute Gasteiger partial charge is 0.343 e. The van der Waals surface area contributed by atoms with Gasteiger partial charge >= 0.3 is 5.97 Å². The Balaban J connectivity index is 1.88. The molecule has 0 aliphatic heterocycles. The highest BCUT2D eigenvalue weighted by Gasteiger charge is 2.20. The predicted molar refractivity (Wildman–Crippen MR) is 132 cm³/mol. The Morgan fingerprint density at radius 3 is 2.26 bits per heavy atom. The number of hydrogen-bond donors (Lipinski definition) is 1. The lowest BCUT2D eigenvalue weighted by atomic mass is 10.1. The highest BCUT2D eigenvalue weighted by atomic mass is 79.9. The first kappa shape index (κ1) is 25.2. The van der Waals surface area contributed by atoms with E-state index in [0.29, 0.717) is 31.8 Å². The topological polar surface area (TPSA) is 108 Å². The number of methoxy groups -OCH3 is 3. The van der Waals surface area contributed by atoms with Crippen LogP contribution in [-0.4, -0.2) is 44.4 Å². The minimum Gasteiger partial charge on any atom is -0.493 e. The Bertz CT molecular complexity index is 1210. The van der Waals surface area contributed by atoms with Crippen LogP contribution in [0.4, 0.5) is 0 Å². The molecule has 0 saturated carbocycles. The number of nitrogens with one attached hydrogen (secondary N) is 1. The van der Waals surface area contributed by atoms with Crippen molar-refractivity contribution < 1.29 is 28.5 Å². The van der Waals surface area contributed by atoms with E-state index < -0.39 is 11.9 Å². The van der Waals surface area contributed by atoms with Gasteiger partial charge in [0.25, 0.3) is 5.91 Å². The number of pyridine rings is 1. The highest BCUT2D eigenvalue weighted by Crippen LogP contribution is 2.39.